The highest BCUT2D eigenvalue weighted by Gasteiger charge is 2.33. The van der Waals surface area contributed by atoms with Crippen LogP contribution in [0, 0.1) is 6.92 Å². The molecule has 1 fully saturated rings. The van der Waals surface area contributed by atoms with Gasteiger partial charge >= 0.3 is 0 Å². The summed E-state index contributed by atoms with van der Waals surface area (Å²) in [6.45, 7) is 3.03. The number of hydrogen-bond donors (Lipinski definition) is 0. The zero-order chi connectivity index (χ0) is 24.2. The molecule has 8 heteroatoms. The lowest BCUT2D eigenvalue weighted by Gasteiger charge is -2.28. The van der Waals surface area contributed by atoms with Crippen LogP contribution in [0.15, 0.2) is 60.7 Å². The molecule has 6 rings (SSSR count). The molecular formula is C27H26N4O3S. The predicted molar refractivity (Wildman–Crippen MR) is 135 cm³/mol. The fourth-order valence-corrected chi connectivity index (χ4v) is 7.07. The lowest BCUT2D eigenvalue weighted by molar-refractivity contribution is 0.0731. The van der Waals surface area contributed by atoms with Gasteiger partial charge < -0.3 is 9.47 Å². The zero-order valence-electron chi connectivity index (χ0n) is 19.5. The summed E-state index contributed by atoms with van der Waals surface area (Å²) in [5, 5.41) is 0. The monoisotopic (exact) mass is 486 g/mol. The second-order valence-electron chi connectivity index (χ2n) is 9.42. The van der Waals surface area contributed by atoms with Gasteiger partial charge in [-0.05, 0) is 37.0 Å². The van der Waals surface area contributed by atoms with Crippen molar-refractivity contribution in [3.8, 4) is 11.3 Å². The molecule has 0 N–H and O–H groups in total. The van der Waals surface area contributed by atoms with Gasteiger partial charge in [-0.2, -0.15) is 0 Å². The van der Waals surface area contributed by atoms with Crippen LogP contribution in [-0.4, -0.2) is 51.8 Å². The molecule has 0 aliphatic carbocycles. The molecule has 0 saturated carbocycles. The first-order valence-electron chi connectivity index (χ1n) is 11.9. The average molecular weight is 487 g/mol. The van der Waals surface area contributed by atoms with E-state index in [1.165, 1.54) is 5.56 Å². The Hall–Kier alpha value is -3.52. The van der Waals surface area contributed by atoms with Crippen molar-refractivity contribution in [3.05, 3.63) is 83.3 Å². The molecule has 1 saturated heterocycles. The third kappa shape index (κ3) is 3.91. The Labute approximate surface area is 204 Å². The molecule has 0 spiro atoms. The van der Waals surface area contributed by atoms with Crippen LogP contribution in [0.2, 0.25) is 0 Å². The van der Waals surface area contributed by atoms with E-state index in [1.54, 1.807) is 0 Å². The fourth-order valence-electron chi connectivity index (χ4n) is 5.37. The number of aromatic nitrogens is 3. The minimum absolute atomic E-state index is 0.0917. The minimum Gasteiger partial charge on any atom is -0.333 e. The maximum absolute atomic E-state index is 13.9. The number of rotatable bonds is 3. The highest BCUT2D eigenvalue weighted by molar-refractivity contribution is 7.91. The van der Waals surface area contributed by atoms with Gasteiger partial charge in [-0.3, -0.25) is 4.79 Å². The van der Waals surface area contributed by atoms with Crippen LogP contribution >= 0.6 is 0 Å². The Morgan fingerprint density at radius 2 is 1.74 bits per heavy atom. The van der Waals surface area contributed by atoms with Crippen molar-refractivity contribution in [2.75, 3.05) is 18.1 Å². The van der Waals surface area contributed by atoms with Gasteiger partial charge in [-0.25, -0.2) is 18.4 Å². The Balaban J connectivity index is 1.49. The summed E-state index contributed by atoms with van der Waals surface area (Å²) in [5.74, 6) is 0.819. The van der Waals surface area contributed by atoms with Gasteiger partial charge in [0.1, 0.15) is 11.3 Å². The van der Waals surface area contributed by atoms with E-state index in [1.807, 2.05) is 64.9 Å². The van der Waals surface area contributed by atoms with Crippen LogP contribution < -0.4 is 0 Å². The third-order valence-corrected chi connectivity index (χ3v) is 8.87. The van der Waals surface area contributed by atoms with Crippen molar-refractivity contribution in [2.24, 2.45) is 0 Å². The first kappa shape index (κ1) is 22.0. The molecule has 1 amide bonds. The normalized spacial score (nSPS) is 19.1. The summed E-state index contributed by atoms with van der Waals surface area (Å²) < 4.78 is 26.5. The van der Waals surface area contributed by atoms with E-state index in [4.69, 9.17) is 9.97 Å². The molecule has 4 aromatic rings. The van der Waals surface area contributed by atoms with E-state index in [0.29, 0.717) is 42.2 Å². The Bertz CT molecular complexity index is 1560. The molecule has 2 aromatic carbocycles. The van der Waals surface area contributed by atoms with Gasteiger partial charge in [-0.15, -0.1) is 0 Å². The molecule has 35 heavy (non-hydrogen) atoms. The summed E-state index contributed by atoms with van der Waals surface area (Å²) in [4.78, 5) is 25.3. The standard InChI is InChI=1S/C27H26N4O3S/c1-18-28-25-24(31(18)22-12-14-35(33,34)17-22)15-23(20-8-3-2-4-9-20)29-26(25)27(32)30-13-11-19-7-5-6-10-21(19)16-30/h2-10,15,22H,11-14,16-17H2,1H3. The number of carbonyl (C=O) groups is 1. The Morgan fingerprint density at radius 1 is 1.00 bits per heavy atom. The molecule has 0 radical (unpaired) electrons. The van der Waals surface area contributed by atoms with Crippen molar-refractivity contribution < 1.29 is 13.2 Å². The Morgan fingerprint density at radius 3 is 2.49 bits per heavy atom. The molecule has 1 atom stereocenters. The lowest BCUT2D eigenvalue weighted by atomic mass is 9.99. The molecule has 1 unspecified atom stereocenters. The van der Waals surface area contributed by atoms with Crippen LogP contribution in [0.25, 0.3) is 22.3 Å². The SMILES string of the molecule is Cc1nc2c(C(=O)N3CCc4ccccc4C3)nc(-c3ccccc3)cc2n1C1CCS(=O)(=O)C1. The molecule has 2 aromatic heterocycles. The van der Waals surface area contributed by atoms with Gasteiger partial charge in [0.2, 0.25) is 0 Å². The van der Waals surface area contributed by atoms with E-state index >= 15 is 0 Å². The van der Waals surface area contributed by atoms with Crippen LogP contribution in [0.4, 0.5) is 0 Å². The highest BCUT2D eigenvalue weighted by Crippen LogP contribution is 2.33. The van der Waals surface area contributed by atoms with Crippen molar-refractivity contribution in [3.63, 3.8) is 0 Å². The van der Waals surface area contributed by atoms with Crippen molar-refractivity contribution in [1.29, 1.82) is 0 Å². The van der Waals surface area contributed by atoms with E-state index in [9.17, 15) is 13.2 Å². The number of aryl methyl sites for hydroxylation is 1. The van der Waals surface area contributed by atoms with Crippen molar-refractivity contribution >= 4 is 26.8 Å². The fraction of sp³-hybridized carbons (Fsp3) is 0.296. The summed E-state index contributed by atoms with van der Waals surface area (Å²) >= 11 is 0. The van der Waals surface area contributed by atoms with E-state index < -0.39 is 9.84 Å². The van der Waals surface area contributed by atoms with Gasteiger partial charge in [0.25, 0.3) is 5.91 Å². The van der Waals surface area contributed by atoms with Crippen LogP contribution in [0.1, 0.15) is 39.9 Å². The summed E-state index contributed by atoms with van der Waals surface area (Å²) in [5.41, 5.74) is 5.63. The van der Waals surface area contributed by atoms with Gasteiger partial charge in [0, 0.05) is 18.7 Å². The molecule has 4 heterocycles. The zero-order valence-corrected chi connectivity index (χ0v) is 20.3. The third-order valence-electron chi connectivity index (χ3n) is 7.12. The number of amides is 1. The number of carbonyl (C=O) groups excluding carboxylic acids is 1. The van der Waals surface area contributed by atoms with Crippen LogP contribution in [-0.2, 0) is 22.8 Å². The summed E-state index contributed by atoms with van der Waals surface area (Å²) in [7, 11) is -3.08. The average Bonchev–Trinajstić information content (AvgIpc) is 3.40. The molecule has 7 nitrogen and oxygen atoms in total. The number of hydrogen-bond acceptors (Lipinski definition) is 5. The first-order chi connectivity index (χ1) is 16.9. The number of nitrogens with zero attached hydrogens (tertiary/aromatic N) is 4. The Kier molecular flexibility index (Phi) is 5.21. The molecule has 2 aliphatic rings. The van der Waals surface area contributed by atoms with Gasteiger partial charge in [0.15, 0.2) is 15.5 Å². The van der Waals surface area contributed by atoms with Crippen molar-refractivity contribution in [2.45, 2.75) is 32.4 Å². The molecule has 178 valence electrons. The first-order valence-corrected chi connectivity index (χ1v) is 13.7. The number of pyridine rings is 1. The largest absolute Gasteiger partial charge is 0.333 e. The number of imidazole rings is 1. The quantitative estimate of drug-likeness (QED) is 0.438. The smallest absolute Gasteiger partial charge is 0.275 e. The number of sulfone groups is 1. The topological polar surface area (TPSA) is 85.2 Å². The molecule has 2 aliphatic heterocycles. The maximum atomic E-state index is 13.9. The van der Waals surface area contributed by atoms with E-state index in [0.717, 1.165) is 23.1 Å². The minimum atomic E-state index is -3.08. The second-order valence-corrected chi connectivity index (χ2v) is 11.6. The molecular weight excluding hydrogens is 460 g/mol. The van der Waals surface area contributed by atoms with Gasteiger partial charge in [0.05, 0.1) is 28.8 Å². The van der Waals surface area contributed by atoms with E-state index in [-0.39, 0.29) is 23.5 Å². The summed E-state index contributed by atoms with van der Waals surface area (Å²) in [6, 6.07) is 19.7. The summed E-state index contributed by atoms with van der Waals surface area (Å²) in [6.07, 6.45) is 1.35. The second kappa shape index (κ2) is 8.30. The van der Waals surface area contributed by atoms with Crippen LogP contribution in [0.5, 0.6) is 0 Å². The van der Waals surface area contributed by atoms with Crippen molar-refractivity contribution in [1.82, 2.24) is 19.4 Å². The predicted octanol–water partition coefficient (Wildman–Crippen LogP) is 3.96. The lowest BCUT2D eigenvalue weighted by Crippen LogP contribution is -2.36. The number of benzene rings is 2. The number of fused-ring (bicyclic) bond motifs is 2. The highest BCUT2D eigenvalue weighted by atomic mass is 32.2. The maximum Gasteiger partial charge on any atom is 0.275 e. The molecule has 0 bridgehead atoms. The van der Waals surface area contributed by atoms with Crippen LogP contribution in [0.3, 0.4) is 0 Å². The van der Waals surface area contributed by atoms with Gasteiger partial charge in [-0.1, -0.05) is 54.6 Å². The van der Waals surface area contributed by atoms with E-state index in [2.05, 4.69) is 12.1 Å².